The SMILES string of the molecule is C[C@H](NC(=O)c1nn(-c2ccccc2)c2c1CCC2)c1ccccn1. The largest absolute Gasteiger partial charge is 0.343 e. The number of aromatic nitrogens is 3. The molecule has 1 atom stereocenters. The first-order valence-corrected chi connectivity index (χ1v) is 8.62. The summed E-state index contributed by atoms with van der Waals surface area (Å²) >= 11 is 0. The second kappa shape index (κ2) is 6.51. The molecule has 0 saturated heterocycles. The van der Waals surface area contributed by atoms with Gasteiger partial charge in [-0.15, -0.1) is 0 Å². The van der Waals surface area contributed by atoms with E-state index >= 15 is 0 Å². The summed E-state index contributed by atoms with van der Waals surface area (Å²) in [5.74, 6) is -0.133. The van der Waals surface area contributed by atoms with Gasteiger partial charge in [0.25, 0.3) is 5.91 Å². The van der Waals surface area contributed by atoms with E-state index in [4.69, 9.17) is 0 Å². The summed E-state index contributed by atoms with van der Waals surface area (Å²) in [7, 11) is 0. The predicted octanol–water partition coefficient (Wildman–Crippen LogP) is 3.25. The molecule has 1 amide bonds. The number of nitrogens with one attached hydrogen (secondary N) is 1. The quantitative estimate of drug-likeness (QED) is 0.798. The van der Waals surface area contributed by atoms with Crippen molar-refractivity contribution >= 4 is 5.91 Å². The van der Waals surface area contributed by atoms with Crippen molar-refractivity contribution in [2.45, 2.75) is 32.2 Å². The second-order valence-corrected chi connectivity index (χ2v) is 6.32. The van der Waals surface area contributed by atoms with Crippen molar-refractivity contribution in [2.75, 3.05) is 0 Å². The Kier molecular flexibility index (Phi) is 4.06. The van der Waals surface area contributed by atoms with Gasteiger partial charge in [0.1, 0.15) is 0 Å². The van der Waals surface area contributed by atoms with Crippen molar-refractivity contribution in [1.82, 2.24) is 20.1 Å². The molecule has 0 fully saturated rings. The molecule has 5 nitrogen and oxygen atoms in total. The number of nitrogens with zero attached hydrogens (tertiary/aromatic N) is 3. The van der Waals surface area contributed by atoms with Gasteiger partial charge in [-0.3, -0.25) is 9.78 Å². The normalized spacial score (nSPS) is 14.1. The molecule has 0 saturated carbocycles. The summed E-state index contributed by atoms with van der Waals surface area (Å²) in [6.45, 7) is 1.94. The van der Waals surface area contributed by atoms with Crippen LogP contribution < -0.4 is 5.32 Å². The first-order valence-electron chi connectivity index (χ1n) is 8.62. The number of rotatable bonds is 4. The van der Waals surface area contributed by atoms with E-state index in [0.717, 1.165) is 41.9 Å². The molecule has 5 heteroatoms. The number of fused-ring (bicyclic) bond motifs is 1. The van der Waals surface area contributed by atoms with Crippen LogP contribution in [0.15, 0.2) is 54.7 Å². The third-order valence-corrected chi connectivity index (χ3v) is 4.63. The van der Waals surface area contributed by atoms with Crippen LogP contribution in [0.2, 0.25) is 0 Å². The topological polar surface area (TPSA) is 59.8 Å². The maximum atomic E-state index is 12.8. The molecule has 25 heavy (non-hydrogen) atoms. The van der Waals surface area contributed by atoms with E-state index in [1.165, 1.54) is 0 Å². The van der Waals surface area contributed by atoms with Crippen LogP contribution in [-0.4, -0.2) is 20.7 Å². The summed E-state index contributed by atoms with van der Waals surface area (Å²) in [5, 5.41) is 7.66. The molecule has 0 unspecified atom stereocenters. The zero-order valence-electron chi connectivity index (χ0n) is 14.1. The number of amides is 1. The molecule has 2 heterocycles. The maximum absolute atomic E-state index is 12.8. The average molecular weight is 332 g/mol. The molecule has 0 spiro atoms. The Hall–Kier alpha value is -2.95. The molecule has 0 bridgehead atoms. The van der Waals surface area contributed by atoms with E-state index in [1.807, 2.05) is 60.1 Å². The van der Waals surface area contributed by atoms with Crippen LogP contribution in [0.4, 0.5) is 0 Å². The zero-order valence-corrected chi connectivity index (χ0v) is 14.1. The number of hydrogen-bond donors (Lipinski definition) is 1. The average Bonchev–Trinajstić information content (AvgIpc) is 3.25. The van der Waals surface area contributed by atoms with Gasteiger partial charge in [-0.05, 0) is 50.5 Å². The highest BCUT2D eigenvalue weighted by atomic mass is 16.2. The van der Waals surface area contributed by atoms with E-state index in [9.17, 15) is 4.79 Å². The Bertz CT molecular complexity index is 887. The minimum atomic E-state index is -0.160. The molecule has 1 aliphatic carbocycles. The van der Waals surface area contributed by atoms with Gasteiger partial charge in [-0.2, -0.15) is 5.10 Å². The zero-order chi connectivity index (χ0) is 17.2. The van der Waals surface area contributed by atoms with Gasteiger partial charge in [0.05, 0.1) is 17.4 Å². The third-order valence-electron chi connectivity index (χ3n) is 4.63. The molecule has 2 aromatic heterocycles. The number of pyridine rings is 1. The van der Waals surface area contributed by atoms with Gasteiger partial charge in [-0.25, -0.2) is 4.68 Å². The minimum Gasteiger partial charge on any atom is -0.343 e. The van der Waals surface area contributed by atoms with E-state index in [2.05, 4.69) is 15.4 Å². The monoisotopic (exact) mass is 332 g/mol. The van der Waals surface area contributed by atoms with Crippen LogP contribution in [0, 0.1) is 0 Å². The highest BCUT2D eigenvalue weighted by molar-refractivity contribution is 5.94. The van der Waals surface area contributed by atoms with Gasteiger partial charge in [0.2, 0.25) is 0 Å². The number of benzene rings is 1. The number of carbonyl (C=O) groups excluding carboxylic acids is 1. The standard InChI is InChI=1S/C20H20N4O/c1-14(17-11-5-6-13-21-17)22-20(25)19-16-10-7-12-18(16)24(23-19)15-8-3-2-4-9-15/h2-6,8-9,11,13-14H,7,10,12H2,1H3,(H,22,25)/t14-/m0/s1. The summed E-state index contributed by atoms with van der Waals surface area (Å²) in [6.07, 6.45) is 4.67. The Morgan fingerprint density at radius 1 is 1.12 bits per heavy atom. The van der Waals surface area contributed by atoms with E-state index in [-0.39, 0.29) is 11.9 Å². The van der Waals surface area contributed by atoms with Crippen molar-refractivity contribution in [2.24, 2.45) is 0 Å². The van der Waals surface area contributed by atoms with Gasteiger partial charge >= 0.3 is 0 Å². The molecule has 0 aliphatic heterocycles. The number of para-hydroxylation sites is 1. The fraction of sp³-hybridized carbons (Fsp3) is 0.250. The molecule has 3 aromatic rings. The maximum Gasteiger partial charge on any atom is 0.272 e. The predicted molar refractivity (Wildman–Crippen MR) is 95.7 cm³/mol. The number of carbonyl (C=O) groups is 1. The Labute approximate surface area is 146 Å². The molecular formula is C20H20N4O. The fourth-order valence-corrected chi connectivity index (χ4v) is 3.37. The smallest absolute Gasteiger partial charge is 0.272 e. The van der Waals surface area contributed by atoms with Crippen LogP contribution in [0.3, 0.4) is 0 Å². The van der Waals surface area contributed by atoms with Gasteiger partial charge in [0, 0.05) is 17.5 Å². The lowest BCUT2D eigenvalue weighted by molar-refractivity contribution is 0.0932. The first-order chi connectivity index (χ1) is 12.2. The van der Waals surface area contributed by atoms with E-state index in [0.29, 0.717) is 5.69 Å². The lowest BCUT2D eigenvalue weighted by Gasteiger charge is -2.12. The Balaban J connectivity index is 1.64. The fourth-order valence-electron chi connectivity index (χ4n) is 3.37. The van der Waals surface area contributed by atoms with E-state index < -0.39 is 0 Å². The van der Waals surface area contributed by atoms with Crippen LogP contribution in [-0.2, 0) is 12.8 Å². The van der Waals surface area contributed by atoms with E-state index in [1.54, 1.807) is 6.20 Å². The Morgan fingerprint density at radius 2 is 1.92 bits per heavy atom. The summed E-state index contributed by atoms with van der Waals surface area (Å²) < 4.78 is 1.92. The minimum absolute atomic E-state index is 0.133. The lowest BCUT2D eigenvalue weighted by Crippen LogP contribution is -2.28. The van der Waals surface area contributed by atoms with Crippen LogP contribution in [0.25, 0.3) is 5.69 Å². The Morgan fingerprint density at radius 3 is 2.68 bits per heavy atom. The lowest BCUT2D eigenvalue weighted by atomic mass is 10.1. The third kappa shape index (κ3) is 2.93. The summed E-state index contributed by atoms with van der Waals surface area (Å²) in [5.41, 5.74) is 4.61. The van der Waals surface area contributed by atoms with Crippen molar-refractivity contribution < 1.29 is 4.79 Å². The highest BCUT2D eigenvalue weighted by Crippen LogP contribution is 2.28. The molecule has 4 rings (SSSR count). The molecule has 1 aliphatic rings. The highest BCUT2D eigenvalue weighted by Gasteiger charge is 2.27. The summed E-state index contributed by atoms with van der Waals surface area (Å²) in [4.78, 5) is 17.1. The summed E-state index contributed by atoms with van der Waals surface area (Å²) in [6, 6.07) is 15.5. The van der Waals surface area contributed by atoms with Crippen LogP contribution in [0.1, 0.15) is 46.8 Å². The molecule has 1 N–H and O–H groups in total. The van der Waals surface area contributed by atoms with Crippen molar-refractivity contribution in [3.05, 3.63) is 77.4 Å². The molecule has 0 radical (unpaired) electrons. The molecule has 1 aromatic carbocycles. The van der Waals surface area contributed by atoms with Crippen LogP contribution >= 0.6 is 0 Å². The molecular weight excluding hydrogens is 312 g/mol. The van der Waals surface area contributed by atoms with Gasteiger partial charge in [0.15, 0.2) is 5.69 Å². The van der Waals surface area contributed by atoms with Crippen molar-refractivity contribution in [3.8, 4) is 5.69 Å². The molecule has 126 valence electrons. The van der Waals surface area contributed by atoms with Crippen molar-refractivity contribution in [3.63, 3.8) is 0 Å². The van der Waals surface area contributed by atoms with Crippen molar-refractivity contribution in [1.29, 1.82) is 0 Å². The first kappa shape index (κ1) is 15.6. The van der Waals surface area contributed by atoms with Crippen LogP contribution in [0.5, 0.6) is 0 Å². The van der Waals surface area contributed by atoms with Gasteiger partial charge in [-0.1, -0.05) is 24.3 Å². The number of hydrogen-bond acceptors (Lipinski definition) is 3. The second-order valence-electron chi connectivity index (χ2n) is 6.32. The van der Waals surface area contributed by atoms with Gasteiger partial charge < -0.3 is 5.32 Å².